The van der Waals surface area contributed by atoms with Crippen molar-refractivity contribution in [3.63, 3.8) is 0 Å². The smallest absolute Gasteiger partial charge is 0.307 e. The zero-order valence-electron chi connectivity index (χ0n) is 15.1. The van der Waals surface area contributed by atoms with E-state index >= 15 is 0 Å². The normalized spacial score (nSPS) is 20.3. The van der Waals surface area contributed by atoms with Gasteiger partial charge in [-0.05, 0) is 42.9 Å². The van der Waals surface area contributed by atoms with Crippen LogP contribution in [0, 0.1) is 11.3 Å². The van der Waals surface area contributed by atoms with Gasteiger partial charge >= 0.3 is 5.97 Å². The van der Waals surface area contributed by atoms with Gasteiger partial charge in [-0.2, -0.15) is 0 Å². The maximum absolute atomic E-state index is 13.0. The molecule has 1 heterocycles. The molecule has 1 saturated heterocycles. The number of carbonyl (C=O) groups is 2. The van der Waals surface area contributed by atoms with Crippen LogP contribution in [0.1, 0.15) is 35.2 Å². The third-order valence-electron chi connectivity index (χ3n) is 5.92. The van der Waals surface area contributed by atoms with E-state index in [1.807, 2.05) is 59.5 Å². The second kappa shape index (κ2) is 7.06. The Labute approximate surface area is 158 Å². The number of rotatable bonds is 5. The highest BCUT2D eigenvalue weighted by atomic mass is 16.5. The highest BCUT2D eigenvalue weighted by molar-refractivity contribution is 5.95. The van der Waals surface area contributed by atoms with E-state index in [1.165, 1.54) is 0 Å². The van der Waals surface area contributed by atoms with Crippen molar-refractivity contribution in [1.82, 2.24) is 4.90 Å². The van der Waals surface area contributed by atoms with E-state index in [0.29, 0.717) is 25.3 Å². The largest absolute Gasteiger partial charge is 0.489 e. The van der Waals surface area contributed by atoms with E-state index in [9.17, 15) is 14.7 Å². The van der Waals surface area contributed by atoms with E-state index < -0.39 is 5.97 Å². The van der Waals surface area contributed by atoms with E-state index in [2.05, 4.69) is 0 Å². The van der Waals surface area contributed by atoms with Crippen LogP contribution in [0.25, 0.3) is 0 Å². The van der Waals surface area contributed by atoms with Crippen LogP contribution in [-0.2, 0) is 11.4 Å². The van der Waals surface area contributed by atoms with E-state index in [-0.39, 0.29) is 17.2 Å². The third-order valence-corrected chi connectivity index (χ3v) is 5.92. The van der Waals surface area contributed by atoms with Gasteiger partial charge in [0.2, 0.25) is 0 Å². The zero-order valence-corrected chi connectivity index (χ0v) is 15.1. The molecule has 0 bridgehead atoms. The lowest BCUT2D eigenvalue weighted by atomic mass is 9.90. The first-order valence-corrected chi connectivity index (χ1v) is 9.37. The average molecular weight is 365 g/mol. The summed E-state index contributed by atoms with van der Waals surface area (Å²) in [5.41, 5.74) is 1.45. The van der Waals surface area contributed by atoms with Crippen LogP contribution in [0.3, 0.4) is 0 Å². The van der Waals surface area contributed by atoms with Gasteiger partial charge in [0.05, 0.1) is 5.92 Å². The predicted octanol–water partition coefficient (Wildman–Crippen LogP) is 3.59. The van der Waals surface area contributed by atoms with Crippen molar-refractivity contribution in [2.75, 3.05) is 13.1 Å². The van der Waals surface area contributed by atoms with Gasteiger partial charge in [0, 0.05) is 24.2 Å². The number of benzene rings is 2. The number of para-hydroxylation sites is 1. The topological polar surface area (TPSA) is 66.8 Å². The molecule has 5 heteroatoms. The lowest BCUT2D eigenvalue weighted by Gasteiger charge is -2.33. The van der Waals surface area contributed by atoms with Gasteiger partial charge in [-0.25, -0.2) is 0 Å². The molecule has 1 amide bonds. The lowest BCUT2D eigenvalue weighted by molar-refractivity contribution is -0.139. The molecule has 1 N–H and O–H groups in total. The summed E-state index contributed by atoms with van der Waals surface area (Å²) in [6, 6.07) is 17.1. The molecule has 27 heavy (non-hydrogen) atoms. The average Bonchev–Trinajstić information content (AvgIpc) is 3.41. The third kappa shape index (κ3) is 3.54. The SMILES string of the molecule is O=C(O)C1CC12CCN(C(=O)c1ccccc1COc1ccccc1)CC2. The summed E-state index contributed by atoms with van der Waals surface area (Å²) in [7, 11) is 0. The number of carboxylic acid groups (broad SMARTS) is 1. The minimum Gasteiger partial charge on any atom is -0.489 e. The van der Waals surface area contributed by atoms with Crippen molar-refractivity contribution in [2.45, 2.75) is 25.9 Å². The fraction of sp³-hybridized carbons (Fsp3) is 0.364. The van der Waals surface area contributed by atoms with E-state index in [4.69, 9.17) is 4.74 Å². The number of carbonyl (C=O) groups excluding carboxylic acids is 1. The molecule has 1 atom stereocenters. The molecular weight excluding hydrogens is 342 g/mol. The Hall–Kier alpha value is -2.82. The number of hydrogen-bond acceptors (Lipinski definition) is 3. The zero-order chi connectivity index (χ0) is 18.9. The summed E-state index contributed by atoms with van der Waals surface area (Å²) in [5.74, 6) is -0.141. The molecule has 2 aromatic rings. The quantitative estimate of drug-likeness (QED) is 0.879. The molecule has 1 spiro atoms. The predicted molar refractivity (Wildman–Crippen MR) is 101 cm³/mol. The molecule has 0 radical (unpaired) electrons. The first kappa shape index (κ1) is 17.6. The first-order chi connectivity index (χ1) is 13.1. The van der Waals surface area contributed by atoms with Gasteiger partial charge < -0.3 is 14.7 Å². The molecule has 4 rings (SSSR count). The van der Waals surface area contributed by atoms with Crippen molar-refractivity contribution in [3.05, 3.63) is 65.7 Å². The van der Waals surface area contributed by atoms with Gasteiger partial charge in [0.15, 0.2) is 0 Å². The van der Waals surface area contributed by atoms with Crippen LogP contribution >= 0.6 is 0 Å². The van der Waals surface area contributed by atoms with Gasteiger partial charge in [0.1, 0.15) is 12.4 Å². The summed E-state index contributed by atoms with van der Waals surface area (Å²) in [6.45, 7) is 1.58. The van der Waals surface area contributed by atoms with Crippen LogP contribution in [0.5, 0.6) is 5.75 Å². The fourth-order valence-corrected chi connectivity index (χ4v) is 4.11. The summed E-state index contributed by atoms with van der Waals surface area (Å²) < 4.78 is 5.82. The van der Waals surface area contributed by atoms with Crippen LogP contribution in [0.15, 0.2) is 54.6 Å². The number of nitrogens with zero attached hydrogens (tertiary/aromatic N) is 1. The first-order valence-electron chi connectivity index (χ1n) is 9.37. The lowest BCUT2D eigenvalue weighted by Crippen LogP contribution is -2.40. The van der Waals surface area contributed by atoms with Crippen LogP contribution in [0.2, 0.25) is 0 Å². The number of hydrogen-bond donors (Lipinski definition) is 1. The van der Waals surface area contributed by atoms with Crippen LogP contribution in [-0.4, -0.2) is 35.0 Å². The number of ether oxygens (including phenoxy) is 1. The highest BCUT2D eigenvalue weighted by Gasteiger charge is 2.59. The molecule has 2 aliphatic rings. The van der Waals surface area contributed by atoms with E-state index in [0.717, 1.165) is 30.6 Å². The molecule has 2 fully saturated rings. The molecule has 1 aliphatic heterocycles. The Morgan fingerprint density at radius 1 is 1.04 bits per heavy atom. The Bertz CT molecular complexity index is 840. The molecule has 0 aromatic heterocycles. The van der Waals surface area contributed by atoms with Gasteiger partial charge in [-0.3, -0.25) is 9.59 Å². The fourth-order valence-electron chi connectivity index (χ4n) is 4.11. The molecule has 5 nitrogen and oxygen atoms in total. The number of piperidine rings is 1. The number of carboxylic acids is 1. The Morgan fingerprint density at radius 3 is 2.37 bits per heavy atom. The van der Waals surface area contributed by atoms with E-state index in [1.54, 1.807) is 0 Å². The highest BCUT2D eigenvalue weighted by Crippen LogP contribution is 2.59. The van der Waals surface area contributed by atoms with Gasteiger partial charge in [-0.1, -0.05) is 36.4 Å². The summed E-state index contributed by atoms with van der Waals surface area (Å²) in [5, 5.41) is 9.22. The molecule has 2 aromatic carbocycles. The molecular formula is C22H23NO4. The molecule has 1 saturated carbocycles. The Balaban J connectivity index is 1.41. The van der Waals surface area contributed by atoms with Crippen molar-refractivity contribution < 1.29 is 19.4 Å². The number of likely N-dealkylation sites (tertiary alicyclic amines) is 1. The van der Waals surface area contributed by atoms with Gasteiger partial charge in [-0.15, -0.1) is 0 Å². The van der Waals surface area contributed by atoms with Crippen molar-refractivity contribution in [3.8, 4) is 5.75 Å². The van der Waals surface area contributed by atoms with Gasteiger partial charge in [0.25, 0.3) is 5.91 Å². The minimum atomic E-state index is -0.696. The minimum absolute atomic E-state index is 0.00429. The Morgan fingerprint density at radius 2 is 1.70 bits per heavy atom. The van der Waals surface area contributed by atoms with Crippen molar-refractivity contribution in [1.29, 1.82) is 0 Å². The number of amides is 1. The van der Waals surface area contributed by atoms with Crippen molar-refractivity contribution >= 4 is 11.9 Å². The maximum atomic E-state index is 13.0. The standard InChI is InChI=1S/C22H23NO4/c24-20(23-12-10-22(11-13-23)14-19(22)21(25)26)18-9-5-4-6-16(18)15-27-17-7-2-1-3-8-17/h1-9,19H,10-15H2,(H,25,26). The number of aliphatic carboxylic acids is 1. The molecule has 1 unspecified atom stereocenters. The second-order valence-electron chi connectivity index (χ2n) is 7.51. The molecule has 140 valence electrons. The summed E-state index contributed by atoms with van der Waals surface area (Å²) in [6.07, 6.45) is 2.31. The monoisotopic (exact) mass is 365 g/mol. The van der Waals surface area contributed by atoms with Crippen molar-refractivity contribution in [2.24, 2.45) is 11.3 Å². The summed E-state index contributed by atoms with van der Waals surface area (Å²) in [4.78, 5) is 26.1. The van der Waals surface area contributed by atoms with Crippen LogP contribution in [0.4, 0.5) is 0 Å². The Kier molecular flexibility index (Phi) is 4.60. The maximum Gasteiger partial charge on any atom is 0.307 e. The van der Waals surface area contributed by atoms with Crippen LogP contribution < -0.4 is 4.74 Å². The second-order valence-corrected chi connectivity index (χ2v) is 7.51. The molecule has 1 aliphatic carbocycles. The summed E-state index contributed by atoms with van der Waals surface area (Å²) >= 11 is 0.